The molecule has 1 aliphatic heterocycles. The number of benzene rings is 2. The van der Waals surface area contributed by atoms with Crippen molar-refractivity contribution in [3.8, 4) is 17.2 Å². The summed E-state index contributed by atoms with van der Waals surface area (Å²) in [4.78, 5) is 23.9. The molecule has 2 aromatic carbocycles. The van der Waals surface area contributed by atoms with Crippen molar-refractivity contribution in [3.05, 3.63) is 48.0 Å². The van der Waals surface area contributed by atoms with E-state index in [1.807, 2.05) is 0 Å². The standard InChI is InChI=1S/C16H11F3N2O5/c17-16(18,19)26-11-3-1-2-10(7-11)20-15(23)21-14(22)9-4-5-12-13(6-9)25-8-24-12/h1-7H,8H2,(H2,20,21,22,23). The predicted octanol–water partition coefficient (Wildman–Crippen LogP) is 3.28. The Morgan fingerprint density at radius 2 is 1.81 bits per heavy atom. The van der Waals surface area contributed by atoms with Gasteiger partial charge in [0, 0.05) is 17.3 Å². The van der Waals surface area contributed by atoms with Crippen LogP contribution in [0.15, 0.2) is 42.5 Å². The quantitative estimate of drug-likeness (QED) is 0.869. The summed E-state index contributed by atoms with van der Waals surface area (Å²) < 4.78 is 50.6. The van der Waals surface area contributed by atoms with Crippen molar-refractivity contribution >= 4 is 17.6 Å². The van der Waals surface area contributed by atoms with Crippen LogP contribution < -0.4 is 24.8 Å². The smallest absolute Gasteiger partial charge is 0.454 e. The monoisotopic (exact) mass is 368 g/mol. The van der Waals surface area contributed by atoms with Crippen LogP contribution in [-0.2, 0) is 0 Å². The predicted molar refractivity (Wildman–Crippen MR) is 82.2 cm³/mol. The molecular formula is C16H11F3N2O5. The summed E-state index contributed by atoms with van der Waals surface area (Å²) >= 11 is 0. The van der Waals surface area contributed by atoms with Gasteiger partial charge in [-0.25, -0.2) is 4.79 Å². The Morgan fingerprint density at radius 3 is 2.58 bits per heavy atom. The molecule has 0 unspecified atom stereocenters. The first kappa shape index (κ1) is 17.4. The van der Waals surface area contributed by atoms with E-state index in [-0.39, 0.29) is 18.0 Å². The van der Waals surface area contributed by atoms with E-state index >= 15 is 0 Å². The molecule has 136 valence electrons. The van der Waals surface area contributed by atoms with Crippen molar-refractivity contribution < 1.29 is 37.0 Å². The number of urea groups is 1. The molecule has 0 fully saturated rings. The minimum Gasteiger partial charge on any atom is -0.454 e. The Morgan fingerprint density at radius 1 is 1.04 bits per heavy atom. The topological polar surface area (TPSA) is 85.9 Å². The van der Waals surface area contributed by atoms with Crippen LogP contribution in [0.3, 0.4) is 0 Å². The lowest BCUT2D eigenvalue weighted by atomic mass is 10.2. The third kappa shape index (κ3) is 4.35. The largest absolute Gasteiger partial charge is 0.573 e. The molecule has 1 aliphatic rings. The van der Waals surface area contributed by atoms with E-state index < -0.39 is 24.1 Å². The van der Waals surface area contributed by atoms with Gasteiger partial charge in [-0.15, -0.1) is 13.2 Å². The molecule has 0 bridgehead atoms. The van der Waals surface area contributed by atoms with Gasteiger partial charge in [-0.2, -0.15) is 0 Å². The Kier molecular flexibility index (Phi) is 4.57. The lowest BCUT2D eigenvalue weighted by Crippen LogP contribution is -2.34. The van der Waals surface area contributed by atoms with Crippen LogP contribution in [0.1, 0.15) is 10.4 Å². The fourth-order valence-electron chi connectivity index (χ4n) is 2.15. The highest BCUT2D eigenvalue weighted by Crippen LogP contribution is 2.32. The van der Waals surface area contributed by atoms with Crippen molar-refractivity contribution in [1.82, 2.24) is 5.32 Å². The first-order valence-electron chi connectivity index (χ1n) is 7.18. The lowest BCUT2D eigenvalue weighted by Gasteiger charge is -2.11. The van der Waals surface area contributed by atoms with E-state index in [0.29, 0.717) is 11.5 Å². The molecule has 0 radical (unpaired) electrons. The molecule has 26 heavy (non-hydrogen) atoms. The van der Waals surface area contributed by atoms with Gasteiger partial charge >= 0.3 is 12.4 Å². The fraction of sp³-hybridized carbons (Fsp3) is 0.125. The van der Waals surface area contributed by atoms with Gasteiger partial charge < -0.3 is 19.5 Å². The lowest BCUT2D eigenvalue weighted by molar-refractivity contribution is -0.274. The van der Waals surface area contributed by atoms with Crippen molar-refractivity contribution in [2.45, 2.75) is 6.36 Å². The summed E-state index contributed by atoms with van der Waals surface area (Å²) in [6.45, 7) is 0.0389. The average Bonchev–Trinajstić information content (AvgIpc) is 3.00. The van der Waals surface area contributed by atoms with Crippen molar-refractivity contribution in [1.29, 1.82) is 0 Å². The summed E-state index contributed by atoms with van der Waals surface area (Å²) in [7, 11) is 0. The number of carbonyl (C=O) groups excluding carboxylic acids is 2. The molecule has 0 atom stereocenters. The molecule has 0 spiro atoms. The maximum atomic E-state index is 12.2. The molecule has 0 saturated carbocycles. The van der Waals surface area contributed by atoms with Crippen LogP contribution in [-0.4, -0.2) is 25.1 Å². The summed E-state index contributed by atoms with van der Waals surface area (Å²) in [5, 5.41) is 4.30. The van der Waals surface area contributed by atoms with Crippen molar-refractivity contribution in [2.75, 3.05) is 12.1 Å². The van der Waals surface area contributed by atoms with Gasteiger partial charge in [0.2, 0.25) is 6.79 Å². The van der Waals surface area contributed by atoms with E-state index in [2.05, 4.69) is 15.4 Å². The zero-order valence-electron chi connectivity index (χ0n) is 12.9. The number of imide groups is 1. The zero-order chi connectivity index (χ0) is 18.7. The van der Waals surface area contributed by atoms with Gasteiger partial charge in [0.05, 0.1) is 0 Å². The second-order valence-corrected chi connectivity index (χ2v) is 5.05. The van der Waals surface area contributed by atoms with Gasteiger partial charge in [0.1, 0.15) is 5.75 Å². The zero-order valence-corrected chi connectivity index (χ0v) is 12.9. The molecule has 3 rings (SSSR count). The number of amides is 3. The summed E-state index contributed by atoms with van der Waals surface area (Å²) in [6.07, 6.45) is -4.85. The van der Waals surface area contributed by atoms with Gasteiger partial charge in [0.25, 0.3) is 5.91 Å². The maximum Gasteiger partial charge on any atom is 0.573 e. The Hall–Kier alpha value is -3.43. The maximum absolute atomic E-state index is 12.2. The highest BCUT2D eigenvalue weighted by molar-refractivity contribution is 6.08. The number of hydrogen-bond acceptors (Lipinski definition) is 5. The molecule has 1 heterocycles. The first-order chi connectivity index (χ1) is 12.3. The Labute approximate surface area is 144 Å². The molecule has 3 amide bonds. The normalized spacial score (nSPS) is 12.4. The van der Waals surface area contributed by atoms with Crippen LogP contribution in [0.25, 0.3) is 0 Å². The van der Waals surface area contributed by atoms with Crippen LogP contribution in [0.4, 0.5) is 23.7 Å². The number of rotatable bonds is 3. The molecule has 0 aliphatic carbocycles. The molecule has 2 N–H and O–H groups in total. The van der Waals surface area contributed by atoms with Crippen LogP contribution >= 0.6 is 0 Å². The van der Waals surface area contributed by atoms with Crippen LogP contribution in [0, 0.1) is 0 Å². The minimum absolute atomic E-state index is 0.0164. The van der Waals surface area contributed by atoms with Crippen molar-refractivity contribution in [3.63, 3.8) is 0 Å². The number of halogens is 3. The Balaban J connectivity index is 1.62. The Bertz CT molecular complexity index is 854. The van der Waals surface area contributed by atoms with E-state index in [1.54, 1.807) is 0 Å². The summed E-state index contributed by atoms with van der Waals surface area (Å²) in [5.74, 6) is -0.372. The molecule has 0 aromatic heterocycles. The number of alkyl halides is 3. The molecule has 0 saturated heterocycles. The third-order valence-corrected chi connectivity index (χ3v) is 3.19. The molecular weight excluding hydrogens is 357 g/mol. The number of fused-ring (bicyclic) bond motifs is 1. The highest BCUT2D eigenvalue weighted by atomic mass is 19.4. The van der Waals surface area contributed by atoms with Crippen molar-refractivity contribution in [2.24, 2.45) is 0 Å². The molecule has 7 nitrogen and oxygen atoms in total. The van der Waals surface area contributed by atoms with E-state index in [9.17, 15) is 22.8 Å². The number of ether oxygens (including phenoxy) is 3. The molecule has 10 heteroatoms. The second-order valence-electron chi connectivity index (χ2n) is 5.05. The van der Waals surface area contributed by atoms with Gasteiger partial charge in [0.15, 0.2) is 11.5 Å². The highest BCUT2D eigenvalue weighted by Gasteiger charge is 2.31. The fourth-order valence-corrected chi connectivity index (χ4v) is 2.15. The number of anilines is 1. The number of nitrogens with one attached hydrogen (secondary N) is 2. The third-order valence-electron chi connectivity index (χ3n) is 3.19. The average molecular weight is 368 g/mol. The van der Waals surface area contributed by atoms with E-state index in [0.717, 1.165) is 12.1 Å². The van der Waals surface area contributed by atoms with E-state index in [4.69, 9.17) is 9.47 Å². The SMILES string of the molecule is O=C(NC(=O)c1ccc2c(c1)OCO2)Nc1cccc(OC(F)(F)F)c1. The summed E-state index contributed by atoms with van der Waals surface area (Å²) in [6, 6.07) is 8.09. The molecule has 2 aromatic rings. The minimum atomic E-state index is -4.85. The van der Waals surface area contributed by atoms with Gasteiger partial charge in [-0.1, -0.05) is 6.07 Å². The summed E-state index contributed by atoms with van der Waals surface area (Å²) in [5.41, 5.74) is 0.168. The number of hydrogen-bond donors (Lipinski definition) is 2. The van der Waals surface area contributed by atoms with Crippen LogP contribution in [0.2, 0.25) is 0 Å². The van der Waals surface area contributed by atoms with E-state index in [1.165, 1.54) is 30.3 Å². The van der Waals surface area contributed by atoms with Gasteiger partial charge in [-0.3, -0.25) is 10.1 Å². The second kappa shape index (κ2) is 6.82. The van der Waals surface area contributed by atoms with Crippen LogP contribution in [0.5, 0.6) is 17.2 Å². The first-order valence-corrected chi connectivity index (χ1v) is 7.18. The number of carbonyl (C=O) groups is 2. The van der Waals surface area contributed by atoms with Gasteiger partial charge in [-0.05, 0) is 30.3 Å².